The lowest BCUT2D eigenvalue weighted by atomic mass is 10.2. The molecule has 1 atom stereocenters. The first-order chi connectivity index (χ1) is 9.74. The fourth-order valence-electron chi connectivity index (χ4n) is 2.33. The molecule has 0 saturated carbocycles. The molecule has 1 unspecified atom stereocenters. The molecule has 2 heterocycles. The molecule has 5 nitrogen and oxygen atoms in total. The van der Waals surface area contributed by atoms with E-state index in [0.717, 1.165) is 24.8 Å². The molecular weight excluding hydrogens is 258 g/mol. The third kappa shape index (κ3) is 2.58. The van der Waals surface area contributed by atoms with Crippen LogP contribution in [-0.4, -0.2) is 35.4 Å². The van der Waals surface area contributed by atoms with Crippen LogP contribution in [0.4, 0.5) is 0 Å². The van der Waals surface area contributed by atoms with Gasteiger partial charge in [0.15, 0.2) is 5.69 Å². The lowest BCUT2D eigenvalue weighted by Crippen LogP contribution is -2.16. The number of rotatable bonds is 4. The van der Waals surface area contributed by atoms with Crippen LogP contribution < -0.4 is 4.74 Å². The third-order valence-corrected chi connectivity index (χ3v) is 3.35. The predicted octanol–water partition coefficient (Wildman–Crippen LogP) is 2.49. The van der Waals surface area contributed by atoms with Crippen molar-refractivity contribution >= 4 is 16.9 Å². The van der Waals surface area contributed by atoms with E-state index in [2.05, 4.69) is 4.98 Å². The third-order valence-electron chi connectivity index (χ3n) is 3.35. The standard InChI is InChI=1S/C15H15NO4/c17-15(18)13-8-14(20-9-10-4-3-7-19-10)11-5-1-2-6-12(11)16-13/h1-2,5-6,8,10H,3-4,7,9H2,(H,17,18). The van der Waals surface area contributed by atoms with Gasteiger partial charge in [-0.05, 0) is 25.0 Å². The summed E-state index contributed by atoms with van der Waals surface area (Å²) in [5.74, 6) is -0.513. The van der Waals surface area contributed by atoms with Crippen LogP contribution in [0.3, 0.4) is 0 Å². The van der Waals surface area contributed by atoms with Crippen molar-refractivity contribution in [1.82, 2.24) is 4.98 Å². The van der Waals surface area contributed by atoms with Crippen LogP contribution in [0.2, 0.25) is 0 Å². The first-order valence-corrected chi connectivity index (χ1v) is 6.61. The van der Waals surface area contributed by atoms with E-state index in [1.807, 2.05) is 18.2 Å². The average molecular weight is 273 g/mol. The number of aromatic carboxylic acids is 1. The van der Waals surface area contributed by atoms with Crippen molar-refractivity contribution in [3.05, 3.63) is 36.0 Å². The maximum Gasteiger partial charge on any atom is 0.354 e. The Kier molecular flexibility index (Phi) is 3.52. The second-order valence-corrected chi connectivity index (χ2v) is 4.77. The molecule has 2 aromatic rings. The molecule has 0 aliphatic carbocycles. The predicted molar refractivity (Wildman–Crippen MR) is 73.2 cm³/mol. The van der Waals surface area contributed by atoms with E-state index in [1.165, 1.54) is 6.07 Å². The molecule has 1 saturated heterocycles. The Balaban J connectivity index is 1.92. The van der Waals surface area contributed by atoms with Crippen LogP contribution in [0.15, 0.2) is 30.3 Å². The summed E-state index contributed by atoms with van der Waals surface area (Å²) < 4.78 is 11.3. The number of hydrogen-bond donors (Lipinski definition) is 1. The van der Waals surface area contributed by atoms with Crippen molar-refractivity contribution in [3.63, 3.8) is 0 Å². The van der Waals surface area contributed by atoms with Gasteiger partial charge in [-0.2, -0.15) is 0 Å². The maximum atomic E-state index is 11.1. The van der Waals surface area contributed by atoms with Crippen molar-refractivity contribution in [2.45, 2.75) is 18.9 Å². The topological polar surface area (TPSA) is 68.7 Å². The normalized spacial score (nSPS) is 18.3. The highest BCUT2D eigenvalue weighted by atomic mass is 16.5. The number of ether oxygens (including phenoxy) is 2. The quantitative estimate of drug-likeness (QED) is 0.926. The summed E-state index contributed by atoms with van der Waals surface area (Å²) in [5.41, 5.74) is 0.612. The minimum Gasteiger partial charge on any atom is -0.490 e. The molecule has 0 spiro atoms. The number of nitrogens with zero attached hydrogens (tertiary/aromatic N) is 1. The van der Waals surface area contributed by atoms with Crippen LogP contribution in [0.5, 0.6) is 5.75 Å². The summed E-state index contributed by atoms with van der Waals surface area (Å²) in [4.78, 5) is 15.2. The van der Waals surface area contributed by atoms with E-state index in [1.54, 1.807) is 6.07 Å². The zero-order valence-electron chi connectivity index (χ0n) is 10.9. The van der Waals surface area contributed by atoms with Crippen LogP contribution in [-0.2, 0) is 4.74 Å². The molecular formula is C15H15NO4. The summed E-state index contributed by atoms with van der Waals surface area (Å²) in [5, 5.41) is 9.92. The van der Waals surface area contributed by atoms with Crippen LogP contribution in [0, 0.1) is 0 Å². The van der Waals surface area contributed by atoms with Gasteiger partial charge in [-0.15, -0.1) is 0 Å². The van der Waals surface area contributed by atoms with Gasteiger partial charge >= 0.3 is 5.97 Å². The molecule has 1 N–H and O–H groups in total. The number of fused-ring (bicyclic) bond motifs is 1. The SMILES string of the molecule is O=C(O)c1cc(OCC2CCCO2)c2ccccc2n1. The van der Waals surface area contributed by atoms with E-state index in [9.17, 15) is 4.79 Å². The van der Waals surface area contributed by atoms with Gasteiger partial charge in [-0.1, -0.05) is 12.1 Å². The monoisotopic (exact) mass is 273 g/mol. The van der Waals surface area contributed by atoms with Gasteiger partial charge in [0, 0.05) is 18.1 Å². The minimum atomic E-state index is -1.06. The maximum absolute atomic E-state index is 11.1. The Bertz CT molecular complexity index is 635. The first kappa shape index (κ1) is 12.9. The Morgan fingerprint density at radius 1 is 1.45 bits per heavy atom. The molecule has 1 aromatic heterocycles. The second kappa shape index (κ2) is 5.46. The Hall–Kier alpha value is -2.14. The van der Waals surface area contributed by atoms with Crippen molar-refractivity contribution in [3.8, 4) is 5.75 Å². The molecule has 20 heavy (non-hydrogen) atoms. The molecule has 0 radical (unpaired) electrons. The summed E-state index contributed by atoms with van der Waals surface area (Å²) in [6, 6.07) is 8.83. The van der Waals surface area contributed by atoms with E-state index < -0.39 is 5.97 Å². The Morgan fingerprint density at radius 3 is 3.05 bits per heavy atom. The fourth-order valence-corrected chi connectivity index (χ4v) is 2.33. The van der Waals surface area contributed by atoms with Crippen LogP contribution in [0.1, 0.15) is 23.3 Å². The van der Waals surface area contributed by atoms with E-state index >= 15 is 0 Å². The van der Waals surface area contributed by atoms with E-state index in [4.69, 9.17) is 14.6 Å². The van der Waals surface area contributed by atoms with Crippen molar-refractivity contribution < 1.29 is 19.4 Å². The highest BCUT2D eigenvalue weighted by molar-refractivity contribution is 5.93. The number of pyridine rings is 1. The van der Waals surface area contributed by atoms with Gasteiger partial charge in [0.2, 0.25) is 0 Å². The Labute approximate surface area is 116 Å². The molecule has 5 heteroatoms. The lowest BCUT2D eigenvalue weighted by Gasteiger charge is -2.13. The van der Waals surface area contributed by atoms with Crippen molar-refractivity contribution in [2.75, 3.05) is 13.2 Å². The number of hydrogen-bond acceptors (Lipinski definition) is 4. The molecule has 3 rings (SSSR count). The van der Waals surface area contributed by atoms with Gasteiger partial charge in [0.25, 0.3) is 0 Å². The van der Waals surface area contributed by atoms with Crippen LogP contribution >= 0.6 is 0 Å². The van der Waals surface area contributed by atoms with E-state index in [-0.39, 0.29) is 11.8 Å². The lowest BCUT2D eigenvalue weighted by molar-refractivity contribution is 0.0673. The molecule has 104 valence electrons. The van der Waals surface area contributed by atoms with Crippen molar-refractivity contribution in [1.29, 1.82) is 0 Å². The fraction of sp³-hybridized carbons (Fsp3) is 0.333. The number of aromatic nitrogens is 1. The first-order valence-electron chi connectivity index (χ1n) is 6.61. The number of carbonyl (C=O) groups is 1. The van der Waals surface area contributed by atoms with Gasteiger partial charge in [-0.25, -0.2) is 9.78 Å². The molecule has 0 amide bonds. The number of carboxylic acids is 1. The van der Waals surface area contributed by atoms with Crippen LogP contribution in [0.25, 0.3) is 10.9 Å². The van der Waals surface area contributed by atoms with Crippen molar-refractivity contribution in [2.24, 2.45) is 0 Å². The molecule has 0 bridgehead atoms. The van der Waals surface area contributed by atoms with E-state index in [0.29, 0.717) is 17.9 Å². The molecule has 1 aliphatic heterocycles. The number of carboxylic acid groups (broad SMARTS) is 1. The average Bonchev–Trinajstić information content (AvgIpc) is 2.97. The summed E-state index contributed by atoms with van der Waals surface area (Å²) in [6.07, 6.45) is 2.12. The highest BCUT2D eigenvalue weighted by Crippen LogP contribution is 2.26. The van der Waals surface area contributed by atoms with Gasteiger partial charge in [0.05, 0.1) is 11.6 Å². The number of benzene rings is 1. The summed E-state index contributed by atoms with van der Waals surface area (Å²) in [7, 11) is 0. The molecule has 1 aromatic carbocycles. The number of para-hydroxylation sites is 1. The summed E-state index contributed by atoms with van der Waals surface area (Å²) >= 11 is 0. The van der Waals surface area contributed by atoms with Gasteiger partial charge < -0.3 is 14.6 Å². The van der Waals surface area contributed by atoms with Gasteiger partial charge in [-0.3, -0.25) is 0 Å². The zero-order valence-corrected chi connectivity index (χ0v) is 10.9. The second-order valence-electron chi connectivity index (χ2n) is 4.77. The zero-order chi connectivity index (χ0) is 13.9. The van der Waals surface area contributed by atoms with Gasteiger partial charge in [0.1, 0.15) is 12.4 Å². The largest absolute Gasteiger partial charge is 0.490 e. The smallest absolute Gasteiger partial charge is 0.354 e. The minimum absolute atomic E-state index is 0.00830. The highest BCUT2D eigenvalue weighted by Gasteiger charge is 2.17. The molecule has 1 fully saturated rings. The summed E-state index contributed by atoms with van der Waals surface area (Å²) in [6.45, 7) is 1.21. The Morgan fingerprint density at radius 2 is 2.30 bits per heavy atom. The molecule has 1 aliphatic rings.